The predicted molar refractivity (Wildman–Crippen MR) is 68.7 cm³/mol. The Bertz CT molecular complexity index is 537. The Balaban J connectivity index is 2.38. The number of alkyl halides is 3. The molecule has 1 aromatic rings. The molecule has 3 nitrogen and oxygen atoms in total. The van der Waals surface area contributed by atoms with Crippen molar-refractivity contribution < 1.29 is 18.0 Å². The van der Waals surface area contributed by atoms with Crippen molar-refractivity contribution in [3.05, 3.63) is 29.8 Å². The van der Waals surface area contributed by atoms with Gasteiger partial charge in [-0.15, -0.1) is 0 Å². The van der Waals surface area contributed by atoms with E-state index in [-0.39, 0.29) is 11.0 Å². The second kappa shape index (κ2) is 4.19. The molecule has 1 fully saturated rings. The van der Waals surface area contributed by atoms with Gasteiger partial charge in [-0.25, -0.2) is 0 Å². The number of anilines is 1. The third-order valence-corrected chi connectivity index (χ3v) is 3.28. The van der Waals surface area contributed by atoms with Gasteiger partial charge in [-0.05, 0) is 50.3 Å². The molecule has 0 radical (unpaired) electrons. The number of nitrogens with one attached hydrogen (secondary N) is 1. The smallest absolute Gasteiger partial charge is 0.304 e. The van der Waals surface area contributed by atoms with E-state index in [2.05, 4.69) is 5.32 Å². The van der Waals surface area contributed by atoms with E-state index in [1.54, 1.807) is 13.8 Å². The summed E-state index contributed by atoms with van der Waals surface area (Å²) in [5, 5.41) is 2.69. The van der Waals surface area contributed by atoms with Crippen LogP contribution in [0, 0.1) is 0 Å². The molecular weight excluding hydrogens is 277 g/mol. The zero-order valence-electron chi connectivity index (χ0n) is 10.2. The lowest BCUT2D eigenvalue weighted by Crippen LogP contribution is -2.44. The van der Waals surface area contributed by atoms with Gasteiger partial charge >= 0.3 is 6.18 Å². The van der Waals surface area contributed by atoms with Crippen LogP contribution in [0.5, 0.6) is 0 Å². The lowest BCUT2D eigenvalue weighted by Gasteiger charge is -2.29. The van der Waals surface area contributed by atoms with E-state index in [0.717, 1.165) is 12.1 Å². The number of hydrogen-bond acceptors (Lipinski definition) is 2. The molecule has 0 spiro atoms. The van der Waals surface area contributed by atoms with E-state index in [4.69, 9.17) is 12.2 Å². The maximum absolute atomic E-state index is 12.5. The van der Waals surface area contributed by atoms with E-state index in [1.807, 2.05) is 0 Å². The Kier molecular flexibility index (Phi) is 3.04. The van der Waals surface area contributed by atoms with Gasteiger partial charge in [0, 0.05) is 5.69 Å². The maximum Gasteiger partial charge on any atom is 0.416 e. The molecule has 0 atom stereocenters. The van der Waals surface area contributed by atoms with Gasteiger partial charge in [0.15, 0.2) is 5.11 Å². The minimum absolute atomic E-state index is 0.190. The van der Waals surface area contributed by atoms with Crippen LogP contribution < -0.4 is 10.2 Å². The first-order valence-corrected chi connectivity index (χ1v) is 5.88. The maximum atomic E-state index is 12.5. The van der Waals surface area contributed by atoms with Gasteiger partial charge in [0.2, 0.25) is 0 Å². The molecular formula is C12H11F3N2OS. The SMILES string of the molecule is CC1(C)C(=O)NC(=S)N1c1ccc(C(F)(F)F)cc1. The van der Waals surface area contributed by atoms with Crippen LogP contribution in [0.25, 0.3) is 0 Å². The lowest BCUT2D eigenvalue weighted by molar-refractivity contribution is -0.137. The van der Waals surface area contributed by atoms with Crippen molar-refractivity contribution in [2.45, 2.75) is 25.6 Å². The Morgan fingerprint density at radius 1 is 1.21 bits per heavy atom. The van der Waals surface area contributed by atoms with Crippen molar-refractivity contribution in [1.82, 2.24) is 5.32 Å². The van der Waals surface area contributed by atoms with Gasteiger partial charge in [0.05, 0.1) is 5.56 Å². The quantitative estimate of drug-likeness (QED) is 0.806. The number of thiocarbonyl (C=S) groups is 1. The van der Waals surface area contributed by atoms with Crippen molar-refractivity contribution in [2.24, 2.45) is 0 Å². The largest absolute Gasteiger partial charge is 0.416 e. The van der Waals surface area contributed by atoms with Gasteiger partial charge in [-0.2, -0.15) is 13.2 Å². The zero-order chi connectivity index (χ0) is 14.4. The molecule has 1 N–H and O–H groups in total. The average molecular weight is 288 g/mol. The van der Waals surface area contributed by atoms with E-state index in [1.165, 1.54) is 17.0 Å². The minimum Gasteiger partial charge on any atom is -0.304 e. The predicted octanol–water partition coefficient (Wildman–Crippen LogP) is 2.71. The summed E-state index contributed by atoms with van der Waals surface area (Å²) in [7, 11) is 0. The highest BCUT2D eigenvalue weighted by molar-refractivity contribution is 7.80. The summed E-state index contributed by atoms with van der Waals surface area (Å²) in [6.07, 6.45) is -4.38. The van der Waals surface area contributed by atoms with Crippen LogP contribution in [0.2, 0.25) is 0 Å². The number of carbonyl (C=O) groups is 1. The number of carbonyl (C=O) groups excluding carboxylic acids is 1. The second-order valence-electron chi connectivity index (χ2n) is 4.70. The van der Waals surface area contributed by atoms with Crippen molar-refractivity contribution in [2.75, 3.05) is 4.90 Å². The van der Waals surface area contributed by atoms with Gasteiger partial charge in [0.25, 0.3) is 5.91 Å². The van der Waals surface area contributed by atoms with Gasteiger partial charge in [0.1, 0.15) is 5.54 Å². The van der Waals surface area contributed by atoms with Crippen molar-refractivity contribution in [3.8, 4) is 0 Å². The lowest BCUT2D eigenvalue weighted by atomic mass is 10.0. The summed E-state index contributed by atoms with van der Waals surface area (Å²) in [4.78, 5) is 13.2. The molecule has 1 amide bonds. The van der Waals surface area contributed by atoms with Gasteiger partial charge < -0.3 is 10.2 Å². The fourth-order valence-corrected chi connectivity index (χ4v) is 2.33. The van der Waals surface area contributed by atoms with Crippen LogP contribution in [0.15, 0.2) is 24.3 Å². The van der Waals surface area contributed by atoms with Crippen LogP contribution in [-0.4, -0.2) is 16.6 Å². The Morgan fingerprint density at radius 2 is 1.74 bits per heavy atom. The molecule has 1 aliphatic rings. The summed E-state index contributed by atoms with van der Waals surface area (Å²) < 4.78 is 37.4. The Labute approximate surface area is 113 Å². The van der Waals surface area contributed by atoms with E-state index >= 15 is 0 Å². The van der Waals surface area contributed by atoms with Crippen LogP contribution in [0.3, 0.4) is 0 Å². The topological polar surface area (TPSA) is 32.3 Å². The molecule has 1 aromatic carbocycles. The molecule has 1 heterocycles. The average Bonchev–Trinajstić information content (AvgIpc) is 2.47. The highest BCUT2D eigenvalue weighted by atomic mass is 32.1. The first kappa shape index (κ1) is 13.8. The van der Waals surface area contributed by atoms with E-state index < -0.39 is 17.3 Å². The summed E-state index contributed by atoms with van der Waals surface area (Å²) >= 11 is 5.03. The molecule has 7 heteroatoms. The molecule has 19 heavy (non-hydrogen) atoms. The van der Waals surface area contributed by atoms with Crippen molar-refractivity contribution >= 4 is 28.9 Å². The number of hydrogen-bond donors (Lipinski definition) is 1. The monoisotopic (exact) mass is 288 g/mol. The van der Waals surface area contributed by atoms with Crippen LogP contribution >= 0.6 is 12.2 Å². The Morgan fingerprint density at radius 3 is 2.11 bits per heavy atom. The molecule has 0 aromatic heterocycles. The van der Waals surface area contributed by atoms with Crippen LogP contribution in [0.1, 0.15) is 19.4 Å². The van der Waals surface area contributed by atoms with E-state index in [9.17, 15) is 18.0 Å². The fraction of sp³-hybridized carbons (Fsp3) is 0.333. The molecule has 0 bridgehead atoms. The summed E-state index contributed by atoms with van der Waals surface area (Å²) in [6.45, 7) is 3.30. The first-order chi connectivity index (χ1) is 8.64. The van der Waals surface area contributed by atoms with Crippen molar-refractivity contribution in [3.63, 3.8) is 0 Å². The number of amides is 1. The standard InChI is InChI=1S/C12H11F3N2OS/c1-11(2)9(18)16-10(19)17(11)8-5-3-7(4-6-8)12(13,14)15/h3-6H,1-2H3,(H,16,18,19). The van der Waals surface area contributed by atoms with Gasteiger partial charge in [-0.1, -0.05) is 0 Å². The normalized spacial score (nSPS) is 18.7. The Hall–Kier alpha value is -1.63. The highest BCUT2D eigenvalue weighted by Crippen LogP contribution is 2.33. The minimum atomic E-state index is -4.38. The third-order valence-electron chi connectivity index (χ3n) is 2.99. The fourth-order valence-electron chi connectivity index (χ4n) is 1.90. The van der Waals surface area contributed by atoms with Gasteiger partial charge in [-0.3, -0.25) is 4.79 Å². The molecule has 1 aliphatic heterocycles. The van der Waals surface area contributed by atoms with Crippen LogP contribution in [0.4, 0.5) is 18.9 Å². The second-order valence-corrected chi connectivity index (χ2v) is 5.09. The number of benzene rings is 1. The summed E-state index contributed by atoms with van der Waals surface area (Å²) in [5.74, 6) is -0.280. The number of halogens is 3. The molecule has 102 valence electrons. The first-order valence-electron chi connectivity index (χ1n) is 5.47. The van der Waals surface area contributed by atoms with E-state index in [0.29, 0.717) is 5.69 Å². The molecule has 2 rings (SSSR count). The highest BCUT2D eigenvalue weighted by Gasteiger charge is 2.44. The van der Waals surface area contributed by atoms with Crippen molar-refractivity contribution in [1.29, 1.82) is 0 Å². The number of rotatable bonds is 1. The molecule has 0 saturated carbocycles. The zero-order valence-corrected chi connectivity index (χ0v) is 11.0. The molecule has 1 saturated heterocycles. The van der Waals surface area contributed by atoms with Crippen LogP contribution in [-0.2, 0) is 11.0 Å². The third kappa shape index (κ3) is 2.30. The molecule has 0 aliphatic carbocycles. The molecule has 0 unspecified atom stereocenters. The summed E-state index contributed by atoms with van der Waals surface area (Å²) in [5.41, 5.74) is -1.21. The number of nitrogens with zero attached hydrogens (tertiary/aromatic N) is 1. The summed E-state index contributed by atoms with van der Waals surface area (Å²) in [6, 6.07) is 4.54.